The molecule has 1 N–H and O–H groups in total. The van der Waals surface area contributed by atoms with Gasteiger partial charge in [-0.1, -0.05) is 19.1 Å². The van der Waals surface area contributed by atoms with Crippen LogP contribution in [-0.2, 0) is 27.1 Å². The highest BCUT2D eigenvalue weighted by molar-refractivity contribution is 5.94. The Labute approximate surface area is 149 Å². The Morgan fingerprint density at radius 2 is 1.92 bits per heavy atom. The summed E-state index contributed by atoms with van der Waals surface area (Å²) in [5.41, 5.74) is -0.400. The molecule has 0 bridgehead atoms. The molecule has 1 heterocycles. The molecule has 2 amide bonds. The number of hydrogen-bond donors (Lipinski definition) is 1. The van der Waals surface area contributed by atoms with Crippen molar-refractivity contribution in [3.05, 3.63) is 35.4 Å². The number of rotatable bonds is 4. The van der Waals surface area contributed by atoms with E-state index >= 15 is 0 Å². The minimum atomic E-state index is -4.43. The first-order chi connectivity index (χ1) is 12.1. The van der Waals surface area contributed by atoms with Gasteiger partial charge in [0, 0.05) is 13.1 Å². The number of piperazine rings is 1. The van der Waals surface area contributed by atoms with Crippen molar-refractivity contribution in [2.45, 2.75) is 39.0 Å². The monoisotopic (exact) mass is 374 g/mol. The third-order valence-electron chi connectivity index (χ3n) is 3.88. The number of nitrogens with zero attached hydrogens (tertiary/aromatic N) is 2. The van der Waals surface area contributed by atoms with Crippen LogP contribution in [0, 0.1) is 0 Å². The van der Waals surface area contributed by atoms with Crippen LogP contribution >= 0.6 is 0 Å². The van der Waals surface area contributed by atoms with Gasteiger partial charge in [0.2, 0.25) is 11.8 Å². The van der Waals surface area contributed by atoms with Gasteiger partial charge in [-0.15, -0.1) is 0 Å². The maximum atomic E-state index is 12.8. The van der Waals surface area contributed by atoms with E-state index in [9.17, 15) is 22.8 Å². The lowest BCUT2D eigenvalue weighted by molar-refractivity contribution is -0.155. The first-order valence-corrected chi connectivity index (χ1v) is 7.97. The number of halogens is 3. The molecule has 144 valence electrons. The third-order valence-corrected chi connectivity index (χ3v) is 3.88. The van der Waals surface area contributed by atoms with E-state index in [-0.39, 0.29) is 31.4 Å². The zero-order valence-corrected chi connectivity index (χ0v) is 14.5. The maximum Gasteiger partial charge on any atom is 0.416 e. The predicted octanol–water partition coefficient (Wildman–Crippen LogP) is 2.38. The standard InChI is InChI=1S/C16H19F3N2O2.CH2O2/c1-3-7-20-10-14(22)21(11(2)15(20)23)9-12-5-4-6-13(8-12)16(17,18)19;2-1-3/h4-6,8,11H,3,7,9-10H2,1-2H3;1H,(H,2,3)/t11-;/m1./s1. The van der Waals surface area contributed by atoms with Crippen molar-refractivity contribution < 1.29 is 32.7 Å². The minimum Gasteiger partial charge on any atom is -0.483 e. The zero-order valence-electron chi connectivity index (χ0n) is 14.5. The van der Waals surface area contributed by atoms with Crippen LogP contribution in [0.1, 0.15) is 31.4 Å². The molecule has 0 unspecified atom stereocenters. The van der Waals surface area contributed by atoms with E-state index in [1.807, 2.05) is 6.92 Å². The molecule has 0 saturated carbocycles. The van der Waals surface area contributed by atoms with Gasteiger partial charge in [-0.25, -0.2) is 0 Å². The first kappa shape index (κ1) is 21.5. The molecular formula is C17H21F3N2O4. The first-order valence-electron chi connectivity index (χ1n) is 7.97. The molecule has 9 heteroatoms. The van der Waals surface area contributed by atoms with E-state index < -0.39 is 17.8 Å². The van der Waals surface area contributed by atoms with Crippen LogP contribution in [0.3, 0.4) is 0 Å². The van der Waals surface area contributed by atoms with Crippen LogP contribution in [0.25, 0.3) is 0 Å². The summed E-state index contributed by atoms with van der Waals surface area (Å²) in [6.45, 7) is 3.75. The summed E-state index contributed by atoms with van der Waals surface area (Å²) >= 11 is 0. The number of carboxylic acid groups (broad SMARTS) is 1. The summed E-state index contributed by atoms with van der Waals surface area (Å²) in [5.74, 6) is -0.415. The molecule has 6 nitrogen and oxygen atoms in total. The van der Waals surface area contributed by atoms with Crippen LogP contribution in [0.5, 0.6) is 0 Å². The van der Waals surface area contributed by atoms with Gasteiger partial charge in [0.05, 0.1) is 12.1 Å². The molecule has 0 aliphatic carbocycles. The maximum absolute atomic E-state index is 12.8. The van der Waals surface area contributed by atoms with E-state index in [1.54, 1.807) is 6.92 Å². The number of benzene rings is 1. The second-order valence-electron chi connectivity index (χ2n) is 5.76. The SMILES string of the molecule is CCCN1CC(=O)N(Cc2cccc(C(F)(F)F)c2)[C@H](C)C1=O.O=CO. The van der Waals surface area contributed by atoms with Crippen LogP contribution in [0.4, 0.5) is 13.2 Å². The van der Waals surface area contributed by atoms with Gasteiger partial charge in [0.1, 0.15) is 6.04 Å². The van der Waals surface area contributed by atoms with Gasteiger partial charge >= 0.3 is 6.18 Å². The molecule has 26 heavy (non-hydrogen) atoms. The third kappa shape index (κ3) is 5.47. The van der Waals surface area contributed by atoms with E-state index in [0.29, 0.717) is 12.1 Å². The molecule has 1 aromatic carbocycles. The van der Waals surface area contributed by atoms with Gasteiger partial charge in [-0.2, -0.15) is 13.2 Å². The summed E-state index contributed by atoms with van der Waals surface area (Å²) in [7, 11) is 0. The van der Waals surface area contributed by atoms with Crippen LogP contribution in [0.2, 0.25) is 0 Å². The van der Waals surface area contributed by atoms with Gasteiger partial charge in [0.15, 0.2) is 0 Å². The fourth-order valence-corrected chi connectivity index (χ4v) is 2.67. The molecule has 0 radical (unpaired) electrons. The molecule has 1 atom stereocenters. The Morgan fingerprint density at radius 1 is 1.31 bits per heavy atom. The lowest BCUT2D eigenvalue weighted by Crippen LogP contribution is -2.58. The normalized spacial score (nSPS) is 17.7. The Kier molecular flexibility index (Phi) is 7.60. The van der Waals surface area contributed by atoms with Crippen molar-refractivity contribution in [1.82, 2.24) is 9.80 Å². The average molecular weight is 374 g/mol. The minimum absolute atomic E-state index is 0.00434. The van der Waals surface area contributed by atoms with Crippen molar-refractivity contribution in [1.29, 1.82) is 0 Å². The van der Waals surface area contributed by atoms with Crippen LogP contribution < -0.4 is 0 Å². The Morgan fingerprint density at radius 3 is 2.46 bits per heavy atom. The summed E-state index contributed by atoms with van der Waals surface area (Å²) < 4.78 is 38.3. The Hall–Kier alpha value is -2.58. The van der Waals surface area contributed by atoms with Crippen LogP contribution in [-0.4, -0.2) is 52.3 Å². The highest BCUT2D eigenvalue weighted by Crippen LogP contribution is 2.30. The second-order valence-corrected chi connectivity index (χ2v) is 5.76. The molecule has 1 saturated heterocycles. The number of hydrogen-bond acceptors (Lipinski definition) is 3. The number of carbonyl (C=O) groups excluding carboxylic acids is 2. The summed E-state index contributed by atoms with van der Waals surface area (Å²) in [5, 5.41) is 6.89. The Balaban J connectivity index is 0.00000105. The van der Waals surface area contributed by atoms with E-state index in [2.05, 4.69) is 0 Å². The lowest BCUT2D eigenvalue weighted by Gasteiger charge is -2.38. The highest BCUT2D eigenvalue weighted by atomic mass is 19.4. The molecule has 1 aliphatic heterocycles. The zero-order chi connectivity index (χ0) is 19.9. The predicted molar refractivity (Wildman–Crippen MR) is 87.0 cm³/mol. The molecule has 0 aromatic heterocycles. The van der Waals surface area contributed by atoms with Crippen molar-refractivity contribution in [3.63, 3.8) is 0 Å². The van der Waals surface area contributed by atoms with Crippen LogP contribution in [0.15, 0.2) is 24.3 Å². The van der Waals surface area contributed by atoms with Crippen molar-refractivity contribution in [2.75, 3.05) is 13.1 Å². The van der Waals surface area contributed by atoms with E-state index in [1.165, 1.54) is 21.9 Å². The number of carbonyl (C=O) groups is 3. The average Bonchev–Trinajstić information content (AvgIpc) is 2.57. The van der Waals surface area contributed by atoms with E-state index in [4.69, 9.17) is 9.90 Å². The fourth-order valence-electron chi connectivity index (χ4n) is 2.67. The Bertz CT molecular complexity index is 649. The summed E-state index contributed by atoms with van der Waals surface area (Å²) in [6, 6.07) is 4.17. The van der Waals surface area contributed by atoms with Crippen molar-refractivity contribution >= 4 is 18.3 Å². The molecule has 1 aromatic rings. The molecule has 0 spiro atoms. The quantitative estimate of drug-likeness (QED) is 0.821. The number of alkyl halides is 3. The van der Waals surface area contributed by atoms with Crippen molar-refractivity contribution in [2.24, 2.45) is 0 Å². The fraction of sp³-hybridized carbons (Fsp3) is 0.471. The van der Waals surface area contributed by atoms with Gasteiger partial charge in [0.25, 0.3) is 6.47 Å². The molecule has 2 rings (SSSR count). The topological polar surface area (TPSA) is 77.9 Å². The smallest absolute Gasteiger partial charge is 0.416 e. The largest absolute Gasteiger partial charge is 0.483 e. The van der Waals surface area contributed by atoms with Gasteiger partial charge in [-0.3, -0.25) is 14.4 Å². The highest BCUT2D eigenvalue weighted by Gasteiger charge is 2.36. The molecular weight excluding hydrogens is 353 g/mol. The summed E-state index contributed by atoms with van der Waals surface area (Å²) in [6.07, 6.45) is -3.68. The van der Waals surface area contributed by atoms with Gasteiger partial charge in [-0.05, 0) is 31.0 Å². The van der Waals surface area contributed by atoms with Gasteiger partial charge < -0.3 is 14.9 Å². The molecule has 1 fully saturated rings. The summed E-state index contributed by atoms with van der Waals surface area (Å²) in [4.78, 5) is 35.7. The molecule has 1 aliphatic rings. The van der Waals surface area contributed by atoms with E-state index in [0.717, 1.165) is 18.6 Å². The number of amides is 2. The van der Waals surface area contributed by atoms with Crippen molar-refractivity contribution in [3.8, 4) is 0 Å². The lowest BCUT2D eigenvalue weighted by atomic mass is 10.1. The second kappa shape index (κ2) is 9.21.